The summed E-state index contributed by atoms with van der Waals surface area (Å²) in [6, 6.07) is 9.11. The lowest BCUT2D eigenvalue weighted by Gasteiger charge is -2.20. The second kappa shape index (κ2) is 4.81. The molecule has 1 aliphatic carbocycles. The number of benzene rings is 1. The molecular weight excluding hydrogens is 206 g/mol. The van der Waals surface area contributed by atoms with E-state index in [1.54, 1.807) is 0 Å². The highest BCUT2D eigenvalue weighted by atomic mass is 14.6. The smallest absolute Gasteiger partial charge is 0.00430 e. The molecule has 2 N–H and O–H groups in total. The average molecular weight is 231 g/mol. The van der Waals surface area contributed by atoms with Crippen LogP contribution in [0, 0.1) is 11.8 Å². The summed E-state index contributed by atoms with van der Waals surface area (Å²) in [7, 11) is 0. The van der Waals surface area contributed by atoms with E-state index in [4.69, 9.17) is 5.73 Å². The predicted molar refractivity (Wildman–Crippen MR) is 74.1 cm³/mol. The van der Waals surface area contributed by atoms with Crippen molar-refractivity contribution in [3.8, 4) is 0 Å². The van der Waals surface area contributed by atoms with Crippen molar-refractivity contribution in [1.29, 1.82) is 0 Å². The van der Waals surface area contributed by atoms with Gasteiger partial charge in [-0.1, -0.05) is 45.0 Å². The van der Waals surface area contributed by atoms with Crippen molar-refractivity contribution in [3.63, 3.8) is 0 Å². The van der Waals surface area contributed by atoms with Gasteiger partial charge in [0.05, 0.1) is 0 Å². The molecule has 2 rings (SSSR count). The second-order valence-corrected chi connectivity index (χ2v) is 6.48. The van der Waals surface area contributed by atoms with Crippen LogP contribution in [0.4, 0.5) is 0 Å². The van der Waals surface area contributed by atoms with Gasteiger partial charge in [0.1, 0.15) is 0 Å². The maximum absolute atomic E-state index is 5.86. The quantitative estimate of drug-likeness (QED) is 0.843. The summed E-state index contributed by atoms with van der Waals surface area (Å²) in [5.74, 6) is 1.61. The van der Waals surface area contributed by atoms with Crippen LogP contribution in [0.3, 0.4) is 0 Å². The van der Waals surface area contributed by atoms with Crippen LogP contribution < -0.4 is 5.73 Å². The first-order valence-electron chi connectivity index (χ1n) is 6.80. The van der Waals surface area contributed by atoms with E-state index in [2.05, 4.69) is 45.0 Å². The highest BCUT2D eigenvalue weighted by Crippen LogP contribution is 2.38. The van der Waals surface area contributed by atoms with Gasteiger partial charge in [0, 0.05) is 0 Å². The average Bonchev–Trinajstić information content (AvgIpc) is 3.09. The third-order valence-corrected chi connectivity index (χ3v) is 3.91. The first-order chi connectivity index (χ1) is 8.00. The maximum Gasteiger partial charge on any atom is -0.00430 e. The van der Waals surface area contributed by atoms with Crippen LogP contribution in [0.5, 0.6) is 0 Å². The molecule has 0 heterocycles. The Morgan fingerprint density at radius 3 is 2.18 bits per heavy atom. The summed E-state index contributed by atoms with van der Waals surface area (Å²) in [5, 5.41) is 0. The Labute approximate surface area is 105 Å². The van der Waals surface area contributed by atoms with E-state index in [1.807, 2.05) is 0 Å². The summed E-state index contributed by atoms with van der Waals surface area (Å²) in [6.07, 6.45) is 3.94. The highest BCUT2D eigenvalue weighted by Gasteiger charge is 2.30. The fraction of sp³-hybridized carbons (Fsp3) is 0.625. The van der Waals surface area contributed by atoms with Crippen LogP contribution in [0.15, 0.2) is 24.3 Å². The Bertz CT molecular complexity index is 354. The largest absolute Gasteiger partial charge is 0.330 e. The Morgan fingerprint density at radius 1 is 1.18 bits per heavy atom. The molecule has 0 radical (unpaired) electrons. The lowest BCUT2D eigenvalue weighted by Crippen LogP contribution is -2.19. The third kappa shape index (κ3) is 3.32. The minimum absolute atomic E-state index is 0.252. The van der Waals surface area contributed by atoms with Crippen LogP contribution in [0.1, 0.15) is 44.7 Å². The summed E-state index contributed by atoms with van der Waals surface area (Å²) < 4.78 is 0. The normalized spacial score (nSPS) is 18.1. The molecule has 1 aromatic carbocycles. The zero-order chi connectivity index (χ0) is 12.5. The SMILES string of the molecule is CC(C)(C)c1ccc(CC(CN)C2CC2)cc1. The van der Waals surface area contributed by atoms with Crippen molar-refractivity contribution in [2.24, 2.45) is 17.6 Å². The molecule has 1 aromatic rings. The first-order valence-corrected chi connectivity index (χ1v) is 6.80. The standard InChI is InChI=1S/C16H25N/c1-16(2,3)15-8-4-12(5-9-15)10-14(11-17)13-6-7-13/h4-5,8-9,13-14H,6-7,10-11,17H2,1-3H3. The van der Waals surface area contributed by atoms with Gasteiger partial charge in [0.2, 0.25) is 0 Å². The van der Waals surface area contributed by atoms with Gasteiger partial charge >= 0.3 is 0 Å². The molecular formula is C16H25N. The summed E-state index contributed by atoms with van der Waals surface area (Å²) in [6.45, 7) is 7.62. The molecule has 1 aliphatic rings. The summed E-state index contributed by atoms with van der Waals surface area (Å²) in [5.41, 5.74) is 8.97. The number of rotatable bonds is 4. The second-order valence-electron chi connectivity index (χ2n) is 6.48. The fourth-order valence-electron chi connectivity index (χ4n) is 2.45. The van der Waals surface area contributed by atoms with Crippen molar-refractivity contribution in [3.05, 3.63) is 35.4 Å². The van der Waals surface area contributed by atoms with E-state index < -0.39 is 0 Å². The lowest BCUT2D eigenvalue weighted by atomic mass is 9.85. The molecule has 1 unspecified atom stereocenters. The van der Waals surface area contributed by atoms with Gasteiger partial charge in [0.15, 0.2) is 0 Å². The third-order valence-electron chi connectivity index (χ3n) is 3.91. The van der Waals surface area contributed by atoms with Crippen LogP contribution >= 0.6 is 0 Å². The van der Waals surface area contributed by atoms with Crippen LogP contribution in [-0.2, 0) is 11.8 Å². The molecule has 0 spiro atoms. The minimum Gasteiger partial charge on any atom is -0.330 e. The van der Waals surface area contributed by atoms with E-state index in [9.17, 15) is 0 Å². The molecule has 0 aromatic heterocycles. The molecule has 1 heteroatoms. The van der Waals surface area contributed by atoms with Gasteiger partial charge in [-0.05, 0) is 54.2 Å². The van der Waals surface area contributed by atoms with Gasteiger partial charge < -0.3 is 5.73 Å². The van der Waals surface area contributed by atoms with Crippen molar-refractivity contribution in [2.75, 3.05) is 6.54 Å². The summed E-state index contributed by atoms with van der Waals surface area (Å²) in [4.78, 5) is 0. The number of hydrogen-bond donors (Lipinski definition) is 1. The van der Waals surface area contributed by atoms with Crippen molar-refractivity contribution in [1.82, 2.24) is 0 Å². The number of nitrogens with two attached hydrogens (primary N) is 1. The number of hydrogen-bond acceptors (Lipinski definition) is 1. The molecule has 0 amide bonds. The molecule has 94 valence electrons. The fourth-order valence-corrected chi connectivity index (χ4v) is 2.45. The monoisotopic (exact) mass is 231 g/mol. The molecule has 1 fully saturated rings. The molecule has 0 bridgehead atoms. The Morgan fingerprint density at radius 2 is 1.76 bits per heavy atom. The molecule has 1 nitrogen and oxygen atoms in total. The lowest BCUT2D eigenvalue weighted by molar-refractivity contribution is 0.471. The molecule has 0 aliphatic heterocycles. The van der Waals surface area contributed by atoms with Gasteiger partial charge in [0.25, 0.3) is 0 Å². The topological polar surface area (TPSA) is 26.0 Å². The molecule has 1 atom stereocenters. The Hall–Kier alpha value is -0.820. The van der Waals surface area contributed by atoms with Gasteiger partial charge in [-0.2, -0.15) is 0 Å². The van der Waals surface area contributed by atoms with Crippen molar-refractivity contribution >= 4 is 0 Å². The van der Waals surface area contributed by atoms with Gasteiger partial charge in [-0.25, -0.2) is 0 Å². The minimum atomic E-state index is 0.252. The van der Waals surface area contributed by atoms with E-state index in [-0.39, 0.29) is 5.41 Å². The Kier molecular flexibility index (Phi) is 3.58. The molecule has 0 saturated heterocycles. The van der Waals surface area contributed by atoms with Crippen molar-refractivity contribution < 1.29 is 0 Å². The van der Waals surface area contributed by atoms with E-state index in [0.29, 0.717) is 5.92 Å². The summed E-state index contributed by atoms with van der Waals surface area (Å²) >= 11 is 0. The molecule has 1 saturated carbocycles. The first kappa shape index (κ1) is 12.6. The maximum atomic E-state index is 5.86. The van der Waals surface area contributed by atoms with Crippen LogP contribution in [-0.4, -0.2) is 6.54 Å². The van der Waals surface area contributed by atoms with Gasteiger partial charge in [-0.15, -0.1) is 0 Å². The van der Waals surface area contributed by atoms with Crippen molar-refractivity contribution in [2.45, 2.75) is 45.4 Å². The van der Waals surface area contributed by atoms with E-state index >= 15 is 0 Å². The zero-order valence-corrected chi connectivity index (χ0v) is 11.4. The van der Waals surface area contributed by atoms with E-state index in [1.165, 1.54) is 24.0 Å². The van der Waals surface area contributed by atoms with Crippen LogP contribution in [0.2, 0.25) is 0 Å². The highest BCUT2D eigenvalue weighted by molar-refractivity contribution is 5.27. The van der Waals surface area contributed by atoms with Gasteiger partial charge in [-0.3, -0.25) is 0 Å². The molecule has 17 heavy (non-hydrogen) atoms. The Balaban J connectivity index is 2.02. The predicted octanol–water partition coefficient (Wildman–Crippen LogP) is 3.51. The van der Waals surface area contributed by atoms with Crippen LogP contribution in [0.25, 0.3) is 0 Å². The zero-order valence-electron chi connectivity index (χ0n) is 11.4. The van der Waals surface area contributed by atoms with E-state index in [0.717, 1.165) is 18.9 Å².